The molecule has 0 saturated carbocycles. The van der Waals surface area contributed by atoms with Gasteiger partial charge in [-0.1, -0.05) is 32.0 Å². The van der Waals surface area contributed by atoms with Crippen LogP contribution in [0.15, 0.2) is 30.5 Å². The average Bonchev–Trinajstić information content (AvgIpc) is 3.44. The first-order chi connectivity index (χ1) is 16.2. The molecule has 1 fully saturated rings. The molecule has 0 aliphatic carbocycles. The molecule has 3 atom stereocenters. The summed E-state index contributed by atoms with van der Waals surface area (Å²) in [6.45, 7) is 3.84. The van der Waals surface area contributed by atoms with E-state index >= 15 is 0 Å². The summed E-state index contributed by atoms with van der Waals surface area (Å²) in [5.74, 6) is -2.36. The highest BCUT2D eigenvalue weighted by atomic mass is 16.4. The molecule has 1 aliphatic rings. The summed E-state index contributed by atoms with van der Waals surface area (Å²) in [4.78, 5) is 53.9. The monoisotopic (exact) mass is 471 g/mol. The molecular weight excluding hydrogens is 438 g/mol. The number of aromatic amines is 1. The van der Waals surface area contributed by atoms with E-state index < -0.39 is 41.8 Å². The van der Waals surface area contributed by atoms with Gasteiger partial charge in [0.05, 0.1) is 12.6 Å². The van der Waals surface area contributed by atoms with Gasteiger partial charge in [-0.25, -0.2) is 4.79 Å². The standard InChI is InChI=1S/C24H33N5O5/c1-14(2)10-19(23(32)29-9-5-8-20(29)24(33)34)28-21(30)13-27-22(31)17(25)11-15-12-26-18-7-4-3-6-16(15)18/h3-4,6-7,12,14,17,19-20,26H,5,8-11,13,25H2,1-2H3,(H,27,31)(H,28,30)(H,33,34). The molecule has 184 valence electrons. The van der Waals surface area contributed by atoms with E-state index in [1.165, 1.54) is 4.90 Å². The molecule has 1 aromatic carbocycles. The smallest absolute Gasteiger partial charge is 0.326 e. The van der Waals surface area contributed by atoms with Crippen molar-refractivity contribution in [3.8, 4) is 0 Å². The predicted molar refractivity (Wildman–Crippen MR) is 127 cm³/mol. The van der Waals surface area contributed by atoms with Crippen LogP contribution in [0.25, 0.3) is 10.9 Å². The number of aromatic nitrogens is 1. The summed E-state index contributed by atoms with van der Waals surface area (Å²) in [6, 6.07) is 5.12. The fourth-order valence-electron chi connectivity index (χ4n) is 4.35. The minimum absolute atomic E-state index is 0.0966. The summed E-state index contributed by atoms with van der Waals surface area (Å²) < 4.78 is 0. The second-order valence-corrected chi connectivity index (χ2v) is 9.17. The van der Waals surface area contributed by atoms with E-state index in [-0.39, 0.29) is 12.5 Å². The number of para-hydroxylation sites is 1. The summed E-state index contributed by atoms with van der Waals surface area (Å²) in [7, 11) is 0. The van der Waals surface area contributed by atoms with Gasteiger partial charge >= 0.3 is 5.97 Å². The zero-order valence-electron chi connectivity index (χ0n) is 19.5. The number of benzene rings is 1. The number of amides is 3. The lowest BCUT2D eigenvalue weighted by Gasteiger charge is -2.28. The molecule has 0 spiro atoms. The lowest BCUT2D eigenvalue weighted by molar-refractivity contribution is -0.149. The van der Waals surface area contributed by atoms with Crippen LogP contribution >= 0.6 is 0 Å². The number of carbonyl (C=O) groups excluding carboxylic acids is 3. The number of hydrogen-bond donors (Lipinski definition) is 5. The van der Waals surface area contributed by atoms with Crippen molar-refractivity contribution < 1.29 is 24.3 Å². The van der Waals surface area contributed by atoms with Crippen LogP contribution in [0.2, 0.25) is 0 Å². The van der Waals surface area contributed by atoms with E-state index in [0.717, 1.165) is 16.5 Å². The van der Waals surface area contributed by atoms with Crippen molar-refractivity contribution in [3.63, 3.8) is 0 Å². The van der Waals surface area contributed by atoms with Crippen LogP contribution in [-0.2, 0) is 25.6 Å². The summed E-state index contributed by atoms with van der Waals surface area (Å²) in [5, 5.41) is 15.6. The number of nitrogens with two attached hydrogens (primary N) is 1. The Morgan fingerprint density at radius 1 is 1.24 bits per heavy atom. The fraction of sp³-hybridized carbons (Fsp3) is 0.500. The van der Waals surface area contributed by atoms with Gasteiger partial charge in [-0.2, -0.15) is 0 Å². The molecule has 34 heavy (non-hydrogen) atoms. The number of rotatable bonds is 10. The lowest BCUT2D eigenvalue weighted by atomic mass is 10.0. The molecule has 0 bridgehead atoms. The summed E-state index contributed by atoms with van der Waals surface area (Å²) in [5.41, 5.74) is 7.91. The molecule has 3 amide bonds. The highest BCUT2D eigenvalue weighted by molar-refractivity contribution is 5.93. The van der Waals surface area contributed by atoms with E-state index in [1.54, 1.807) is 0 Å². The van der Waals surface area contributed by atoms with Gasteiger partial charge in [-0.15, -0.1) is 0 Å². The Labute approximate surface area is 198 Å². The van der Waals surface area contributed by atoms with Gasteiger partial charge in [-0.05, 0) is 43.2 Å². The maximum atomic E-state index is 13.0. The maximum absolute atomic E-state index is 13.0. The van der Waals surface area contributed by atoms with Crippen LogP contribution in [0.4, 0.5) is 0 Å². The number of carboxylic acid groups (broad SMARTS) is 1. The number of fused-ring (bicyclic) bond motifs is 1. The molecule has 1 aromatic heterocycles. The number of carboxylic acids is 1. The molecule has 0 radical (unpaired) electrons. The quantitative estimate of drug-likeness (QED) is 0.344. The minimum atomic E-state index is -1.04. The van der Waals surface area contributed by atoms with Crippen LogP contribution in [0, 0.1) is 5.92 Å². The average molecular weight is 472 g/mol. The molecule has 1 aliphatic heterocycles. The number of nitrogens with zero attached hydrogens (tertiary/aromatic N) is 1. The number of nitrogens with one attached hydrogen (secondary N) is 3. The fourth-order valence-corrected chi connectivity index (χ4v) is 4.35. The number of carbonyl (C=O) groups is 4. The number of aliphatic carboxylic acids is 1. The van der Waals surface area contributed by atoms with E-state index in [9.17, 15) is 24.3 Å². The summed E-state index contributed by atoms with van der Waals surface area (Å²) >= 11 is 0. The van der Waals surface area contributed by atoms with Gasteiger partial charge in [0, 0.05) is 23.6 Å². The van der Waals surface area contributed by atoms with E-state index in [2.05, 4.69) is 15.6 Å². The largest absolute Gasteiger partial charge is 0.480 e. The van der Waals surface area contributed by atoms with Crippen molar-refractivity contribution in [2.45, 2.75) is 57.7 Å². The van der Waals surface area contributed by atoms with Gasteiger partial charge in [0.15, 0.2) is 0 Å². The molecule has 3 rings (SSSR count). The third kappa shape index (κ3) is 6.13. The Morgan fingerprint density at radius 2 is 1.97 bits per heavy atom. The second-order valence-electron chi connectivity index (χ2n) is 9.17. The molecule has 2 heterocycles. The van der Waals surface area contributed by atoms with Gasteiger partial charge in [0.2, 0.25) is 17.7 Å². The second kappa shape index (κ2) is 11.1. The van der Waals surface area contributed by atoms with Crippen molar-refractivity contribution in [3.05, 3.63) is 36.0 Å². The Morgan fingerprint density at radius 3 is 2.68 bits per heavy atom. The molecule has 10 heteroatoms. The van der Waals surface area contributed by atoms with Crippen molar-refractivity contribution in [2.75, 3.05) is 13.1 Å². The van der Waals surface area contributed by atoms with Gasteiger partial charge in [-0.3, -0.25) is 14.4 Å². The van der Waals surface area contributed by atoms with Crippen LogP contribution in [0.1, 0.15) is 38.7 Å². The highest BCUT2D eigenvalue weighted by Crippen LogP contribution is 2.21. The highest BCUT2D eigenvalue weighted by Gasteiger charge is 2.37. The van der Waals surface area contributed by atoms with Crippen molar-refractivity contribution in [2.24, 2.45) is 11.7 Å². The van der Waals surface area contributed by atoms with E-state index in [0.29, 0.717) is 32.2 Å². The molecule has 6 N–H and O–H groups in total. The molecular formula is C24H33N5O5. The van der Waals surface area contributed by atoms with Crippen LogP contribution in [0.5, 0.6) is 0 Å². The van der Waals surface area contributed by atoms with E-state index in [4.69, 9.17) is 5.73 Å². The zero-order valence-corrected chi connectivity index (χ0v) is 19.5. The van der Waals surface area contributed by atoms with Crippen LogP contribution in [0.3, 0.4) is 0 Å². The van der Waals surface area contributed by atoms with Gasteiger partial charge in [0.25, 0.3) is 0 Å². The third-order valence-corrected chi connectivity index (χ3v) is 6.04. The molecule has 1 saturated heterocycles. The first-order valence-corrected chi connectivity index (χ1v) is 11.6. The van der Waals surface area contributed by atoms with Gasteiger partial charge in [0.1, 0.15) is 12.1 Å². The van der Waals surface area contributed by atoms with Crippen molar-refractivity contribution in [1.82, 2.24) is 20.5 Å². The Kier molecular flexibility index (Phi) is 8.27. The maximum Gasteiger partial charge on any atom is 0.326 e. The topological polar surface area (TPSA) is 158 Å². The normalized spacial score (nSPS) is 17.5. The predicted octanol–water partition coefficient (Wildman–Crippen LogP) is 0.760. The molecule has 10 nitrogen and oxygen atoms in total. The lowest BCUT2D eigenvalue weighted by Crippen LogP contribution is -2.54. The number of hydrogen-bond acceptors (Lipinski definition) is 5. The Hall–Kier alpha value is -3.40. The Bertz CT molecular complexity index is 1050. The molecule has 2 aromatic rings. The zero-order chi connectivity index (χ0) is 24.8. The SMILES string of the molecule is CC(C)CC(NC(=O)CNC(=O)C(N)Cc1c[nH]c2ccccc12)C(=O)N1CCCC1C(=O)O. The van der Waals surface area contributed by atoms with Gasteiger partial charge < -0.3 is 31.4 Å². The van der Waals surface area contributed by atoms with Crippen molar-refractivity contribution >= 4 is 34.6 Å². The van der Waals surface area contributed by atoms with Crippen LogP contribution < -0.4 is 16.4 Å². The van der Waals surface area contributed by atoms with E-state index in [1.807, 2.05) is 44.3 Å². The minimum Gasteiger partial charge on any atom is -0.480 e. The molecule has 3 unspecified atom stereocenters. The van der Waals surface area contributed by atoms with Crippen molar-refractivity contribution in [1.29, 1.82) is 0 Å². The first kappa shape index (κ1) is 25.2. The summed E-state index contributed by atoms with van der Waals surface area (Å²) in [6.07, 6.45) is 3.48. The Balaban J connectivity index is 1.55. The first-order valence-electron chi connectivity index (χ1n) is 11.6. The third-order valence-electron chi connectivity index (χ3n) is 6.04. The van der Waals surface area contributed by atoms with Crippen LogP contribution in [-0.4, -0.2) is 69.9 Å². The number of likely N-dealkylation sites (tertiary alicyclic amines) is 1. The number of H-pyrrole nitrogens is 1.